The zero-order valence-corrected chi connectivity index (χ0v) is 10.1. The van der Waals surface area contributed by atoms with Crippen molar-refractivity contribution in [1.82, 2.24) is 5.32 Å². The summed E-state index contributed by atoms with van der Waals surface area (Å²) >= 11 is 0. The zero-order chi connectivity index (χ0) is 11.1. The van der Waals surface area contributed by atoms with E-state index in [4.69, 9.17) is 4.74 Å². The van der Waals surface area contributed by atoms with Gasteiger partial charge in [0.2, 0.25) is 0 Å². The zero-order valence-electron chi connectivity index (χ0n) is 10.1. The Hall–Kier alpha value is -0.120. The Morgan fingerprint density at radius 3 is 2.93 bits per heavy atom. The van der Waals surface area contributed by atoms with Crippen molar-refractivity contribution in [3.8, 4) is 0 Å². The average molecular weight is 215 g/mol. The monoisotopic (exact) mass is 215 g/mol. The Balaban J connectivity index is 2.00. The lowest BCUT2D eigenvalue weighted by molar-refractivity contribution is 0.0479. The smallest absolute Gasteiger partial charge is 0.0743 e. The number of ether oxygens (including phenoxy) is 1. The quantitative estimate of drug-likeness (QED) is 0.635. The van der Waals surface area contributed by atoms with Gasteiger partial charge in [-0.05, 0) is 39.2 Å². The topological polar surface area (TPSA) is 41.5 Å². The molecule has 0 aromatic rings. The van der Waals surface area contributed by atoms with Gasteiger partial charge in [0.05, 0.1) is 11.7 Å². The average Bonchev–Trinajstić information content (AvgIpc) is 2.65. The van der Waals surface area contributed by atoms with Gasteiger partial charge in [0.25, 0.3) is 0 Å². The van der Waals surface area contributed by atoms with E-state index in [0.717, 1.165) is 32.4 Å². The van der Waals surface area contributed by atoms with Crippen molar-refractivity contribution in [3.63, 3.8) is 0 Å². The van der Waals surface area contributed by atoms with Crippen molar-refractivity contribution in [2.75, 3.05) is 19.7 Å². The summed E-state index contributed by atoms with van der Waals surface area (Å²) in [6.45, 7) is 6.56. The first-order chi connectivity index (χ1) is 7.14. The maximum atomic E-state index is 9.91. The van der Waals surface area contributed by atoms with Gasteiger partial charge in [-0.3, -0.25) is 0 Å². The molecule has 1 saturated heterocycles. The number of hydrogen-bond donors (Lipinski definition) is 2. The SMILES string of the molecule is CCCC(C)(O)CNCCC1CCCO1. The highest BCUT2D eigenvalue weighted by Crippen LogP contribution is 2.15. The van der Waals surface area contributed by atoms with Crippen LogP contribution in [0.5, 0.6) is 0 Å². The van der Waals surface area contributed by atoms with Gasteiger partial charge in [0, 0.05) is 13.2 Å². The number of hydrogen-bond acceptors (Lipinski definition) is 3. The van der Waals surface area contributed by atoms with Crippen LogP contribution in [0.15, 0.2) is 0 Å². The van der Waals surface area contributed by atoms with Crippen molar-refractivity contribution in [1.29, 1.82) is 0 Å². The standard InChI is InChI=1S/C12H25NO2/c1-3-7-12(2,14)10-13-8-6-11-5-4-9-15-11/h11,13-14H,3-10H2,1-2H3. The molecule has 1 aliphatic rings. The summed E-state index contributed by atoms with van der Waals surface area (Å²) < 4.78 is 5.53. The lowest BCUT2D eigenvalue weighted by atomic mass is 10.0. The first-order valence-electron chi connectivity index (χ1n) is 6.19. The largest absolute Gasteiger partial charge is 0.389 e. The van der Waals surface area contributed by atoms with Crippen LogP contribution in [0, 0.1) is 0 Å². The van der Waals surface area contributed by atoms with E-state index in [-0.39, 0.29) is 0 Å². The normalized spacial score (nSPS) is 25.4. The minimum absolute atomic E-state index is 0.452. The third kappa shape index (κ3) is 5.50. The van der Waals surface area contributed by atoms with Gasteiger partial charge in [0.15, 0.2) is 0 Å². The molecular formula is C12H25NO2. The molecule has 0 radical (unpaired) electrons. The van der Waals surface area contributed by atoms with Gasteiger partial charge in [-0.1, -0.05) is 13.3 Å². The molecule has 0 bridgehead atoms. The third-order valence-electron chi connectivity index (χ3n) is 2.96. The minimum Gasteiger partial charge on any atom is -0.389 e. The molecule has 0 amide bonds. The van der Waals surface area contributed by atoms with Crippen molar-refractivity contribution >= 4 is 0 Å². The van der Waals surface area contributed by atoms with Crippen LogP contribution in [0.25, 0.3) is 0 Å². The van der Waals surface area contributed by atoms with E-state index in [0.29, 0.717) is 12.6 Å². The summed E-state index contributed by atoms with van der Waals surface area (Å²) in [6, 6.07) is 0. The summed E-state index contributed by atoms with van der Waals surface area (Å²) in [5.74, 6) is 0. The molecule has 1 heterocycles. The molecule has 0 saturated carbocycles. The third-order valence-corrected chi connectivity index (χ3v) is 2.96. The van der Waals surface area contributed by atoms with Crippen LogP contribution >= 0.6 is 0 Å². The van der Waals surface area contributed by atoms with E-state index in [1.807, 2.05) is 6.92 Å². The molecule has 0 aromatic heterocycles. The number of rotatable bonds is 7. The number of aliphatic hydroxyl groups is 1. The Kier molecular flexibility index (Phi) is 5.58. The van der Waals surface area contributed by atoms with E-state index in [2.05, 4.69) is 12.2 Å². The molecule has 90 valence electrons. The highest BCUT2D eigenvalue weighted by atomic mass is 16.5. The lowest BCUT2D eigenvalue weighted by Gasteiger charge is -2.23. The van der Waals surface area contributed by atoms with Crippen LogP contribution in [0.3, 0.4) is 0 Å². The fourth-order valence-corrected chi connectivity index (χ4v) is 2.12. The molecule has 0 aromatic carbocycles. The molecule has 3 heteroatoms. The Bertz CT molecular complexity index is 165. The molecule has 3 nitrogen and oxygen atoms in total. The predicted octanol–water partition coefficient (Wildman–Crippen LogP) is 1.70. The molecule has 1 rings (SSSR count). The van der Waals surface area contributed by atoms with Crippen LogP contribution in [-0.2, 0) is 4.74 Å². The molecule has 0 spiro atoms. The van der Waals surface area contributed by atoms with Crippen LogP contribution in [-0.4, -0.2) is 36.5 Å². The van der Waals surface area contributed by atoms with Gasteiger partial charge < -0.3 is 15.2 Å². The van der Waals surface area contributed by atoms with E-state index in [1.165, 1.54) is 12.8 Å². The van der Waals surface area contributed by atoms with Crippen LogP contribution in [0.1, 0.15) is 46.0 Å². The molecule has 0 aliphatic carbocycles. The molecule has 15 heavy (non-hydrogen) atoms. The second-order valence-electron chi connectivity index (χ2n) is 4.85. The highest BCUT2D eigenvalue weighted by Gasteiger charge is 2.19. The predicted molar refractivity (Wildman–Crippen MR) is 62.0 cm³/mol. The highest BCUT2D eigenvalue weighted by molar-refractivity contribution is 4.75. The van der Waals surface area contributed by atoms with Crippen LogP contribution < -0.4 is 5.32 Å². The Morgan fingerprint density at radius 1 is 1.53 bits per heavy atom. The van der Waals surface area contributed by atoms with E-state index < -0.39 is 5.60 Å². The van der Waals surface area contributed by atoms with Crippen LogP contribution in [0.4, 0.5) is 0 Å². The van der Waals surface area contributed by atoms with Crippen LogP contribution in [0.2, 0.25) is 0 Å². The fourth-order valence-electron chi connectivity index (χ4n) is 2.12. The van der Waals surface area contributed by atoms with Gasteiger partial charge in [-0.2, -0.15) is 0 Å². The Labute approximate surface area is 93.2 Å². The van der Waals surface area contributed by atoms with Gasteiger partial charge in [-0.15, -0.1) is 0 Å². The maximum absolute atomic E-state index is 9.91. The number of nitrogens with one attached hydrogen (secondary N) is 1. The van der Waals surface area contributed by atoms with Gasteiger partial charge >= 0.3 is 0 Å². The fraction of sp³-hybridized carbons (Fsp3) is 1.00. The summed E-state index contributed by atoms with van der Waals surface area (Å²) in [7, 11) is 0. The second-order valence-corrected chi connectivity index (χ2v) is 4.85. The van der Waals surface area contributed by atoms with Crippen molar-refractivity contribution in [2.45, 2.75) is 57.7 Å². The molecule has 1 aliphatic heterocycles. The van der Waals surface area contributed by atoms with Crippen molar-refractivity contribution in [3.05, 3.63) is 0 Å². The summed E-state index contributed by atoms with van der Waals surface area (Å²) in [4.78, 5) is 0. The molecular weight excluding hydrogens is 190 g/mol. The second kappa shape index (κ2) is 6.46. The molecule has 2 N–H and O–H groups in total. The summed E-state index contributed by atoms with van der Waals surface area (Å²) in [6.07, 6.45) is 5.82. The van der Waals surface area contributed by atoms with E-state index in [1.54, 1.807) is 0 Å². The summed E-state index contributed by atoms with van der Waals surface area (Å²) in [5.41, 5.74) is -0.550. The molecule has 2 atom stereocenters. The first-order valence-corrected chi connectivity index (χ1v) is 6.19. The Morgan fingerprint density at radius 2 is 2.33 bits per heavy atom. The minimum atomic E-state index is -0.550. The van der Waals surface area contributed by atoms with E-state index in [9.17, 15) is 5.11 Å². The lowest BCUT2D eigenvalue weighted by Crippen LogP contribution is -2.38. The van der Waals surface area contributed by atoms with Gasteiger partial charge in [0.1, 0.15) is 0 Å². The van der Waals surface area contributed by atoms with Crippen molar-refractivity contribution in [2.24, 2.45) is 0 Å². The molecule has 1 fully saturated rings. The maximum Gasteiger partial charge on any atom is 0.0743 e. The summed E-state index contributed by atoms with van der Waals surface area (Å²) in [5, 5.41) is 13.2. The molecule has 2 unspecified atom stereocenters. The van der Waals surface area contributed by atoms with E-state index >= 15 is 0 Å². The van der Waals surface area contributed by atoms with Crippen molar-refractivity contribution < 1.29 is 9.84 Å². The van der Waals surface area contributed by atoms with Gasteiger partial charge in [-0.25, -0.2) is 0 Å². The first kappa shape index (κ1) is 12.9.